The molecule has 3 rings (SSSR count). The van der Waals surface area contributed by atoms with Crippen LogP contribution in [0.2, 0.25) is 0 Å². The second kappa shape index (κ2) is 5.07. The van der Waals surface area contributed by atoms with E-state index in [9.17, 15) is 5.11 Å². The van der Waals surface area contributed by atoms with Crippen LogP contribution in [0, 0.1) is 17.8 Å². The van der Waals surface area contributed by atoms with E-state index in [1.807, 2.05) is 6.07 Å². The first-order valence-electron chi connectivity index (χ1n) is 7.94. The minimum atomic E-state index is -0.627. The lowest BCUT2D eigenvalue weighted by atomic mass is 9.68. The molecule has 0 bridgehead atoms. The lowest BCUT2D eigenvalue weighted by Gasteiger charge is -2.41. The van der Waals surface area contributed by atoms with Crippen molar-refractivity contribution in [2.45, 2.75) is 51.6 Å². The van der Waals surface area contributed by atoms with E-state index >= 15 is 0 Å². The van der Waals surface area contributed by atoms with E-state index < -0.39 is 5.60 Å². The van der Waals surface area contributed by atoms with Crippen LogP contribution in [0.15, 0.2) is 18.2 Å². The molecule has 2 nitrogen and oxygen atoms in total. The van der Waals surface area contributed by atoms with Gasteiger partial charge in [0.2, 0.25) is 0 Å². The van der Waals surface area contributed by atoms with Crippen LogP contribution in [0.25, 0.3) is 0 Å². The predicted molar refractivity (Wildman–Crippen MR) is 80.9 cm³/mol. The first-order valence-corrected chi connectivity index (χ1v) is 7.94. The number of hydrogen-bond donors (Lipinski definition) is 1. The van der Waals surface area contributed by atoms with Gasteiger partial charge in [0.1, 0.15) is 5.75 Å². The number of aliphatic hydroxyl groups is 1. The Hall–Kier alpha value is -1.02. The molecule has 1 aromatic carbocycles. The zero-order valence-electron chi connectivity index (χ0n) is 12.9. The number of methoxy groups -OCH3 is 1. The van der Waals surface area contributed by atoms with Crippen molar-refractivity contribution in [3.05, 3.63) is 29.3 Å². The van der Waals surface area contributed by atoms with Crippen molar-refractivity contribution in [1.82, 2.24) is 0 Å². The van der Waals surface area contributed by atoms with E-state index in [1.165, 1.54) is 12.0 Å². The monoisotopic (exact) mass is 274 g/mol. The highest BCUT2D eigenvalue weighted by molar-refractivity contribution is 5.43. The van der Waals surface area contributed by atoms with Gasteiger partial charge in [-0.1, -0.05) is 26.3 Å². The molecule has 0 spiro atoms. The SMILES string of the molecule is COc1ccc2c(c1)C(O)(C1CCC(C)C(C)C1)CC2. The Morgan fingerprint density at radius 2 is 2.00 bits per heavy atom. The largest absolute Gasteiger partial charge is 0.497 e. The lowest BCUT2D eigenvalue weighted by molar-refractivity contribution is -0.0512. The summed E-state index contributed by atoms with van der Waals surface area (Å²) in [6, 6.07) is 6.20. The summed E-state index contributed by atoms with van der Waals surface area (Å²) in [6.45, 7) is 4.68. The second-order valence-corrected chi connectivity index (χ2v) is 6.91. The van der Waals surface area contributed by atoms with Crippen LogP contribution >= 0.6 is 0 Å². The summed E-state index contributed by atoms with van der Waals surface area (Å²) < 4.78 is 5.35. The van der Waals surface area contributed by atoms with Crippen LogP contribution in [0.4, 0.5) is 0 Å². The summed E-state index contributed by atoms with van der Waals surface area (Å²) in [7, 11) is 1.69. The summed E-state index contributed by atoms with van der Waals surface area (Å²) in [5.74, 6) is 2.77. The number of benzene rings is 1. The third-order valence-electron chi connectivity index (χ3n) is 5.83. The van der Waals surface area contributed by atoms with E-state index in [2.05, 4.69) is 26.0 Å². The van der Waals surface area contributed by atoms with Crippen LogP contribution < -0.4 is 4.74 Å². The molecule has 2 aliphatic rings. The smallest absolute Gasteiger partial charge is 0.119 e. The van der Waals surface area contributed by atoms with Crippen LogP contribution in [-0.4, -0.2) is 12.2 Å². The minimum absolute atomic E-state index is 0.405. The number of rotatable bonds is 2. The van der Waals surface area contributed by atoms with Gasteiger partial charge in [-0.3, -0.25) is 0 Å². The highest BCUT2D eigenvalue weighted by atomic mass is 16.5. The van der Waals surface area contributed by atoms with Gasteiger partial charge < -0.3 is 9.84 Å². The fourth-order valence-corrected chi connectivity index (χ4v) is 4.17. The minimum Gasteiger partial charge on any atom is -0.497 e. The van der Waals surface area contributed by atoms with Crippen LogP contribution in [0.1, 0.15) is 50.7 Å². The second-order valence-electron chi connectivity index (χ2n) is 6.91. The molecule has 1 fully saturated rings. The summed E-state index contributed by atoms with van der Waals surface area (Å²) in [5, 5.41) is 11.3. The van der Waals surface area contributed by atoms with Gasteiger partial charge in [-0.2, -0.15) is 0 Å². The molecule has 4 atom stereocenters. The van der Waals surface area contributed by atoms with Gasteiger partial charge in [-0.05, 0) is 66.7 Å². The summed E-state index contributed by atoms with van der Waals surface area (Å²) in [4.78, 5) is 0. The van der Waals surface area contributed by atoms with Crippen LogP contribution in [0.3, 0.4) is 0 Å². The molecule has 0 aliphatic heterocycles. The number of ether oxygens (including phenoxy) is 1. The van der Waals surface area contributed by atoms with Crippen molar-refractivity contribution in [1.29, 1.82) is 0 Å². The molecule has 0 amide bonds. The molecule has 1 saturated carbocycles. The van der Waals surface area contributed by atoms with Crippen molar-refractivity contribution in [3.8, 4) is 5.75 Å². The quantitative estimate of drug-likeness (QED) is 0.886. The molecule has 0 heterocycles. The Bertz CT molecular complexity index is 496. The van der Waals surface area contributed by atoms with Crippen molar-refractivity contribution >= 4 is 0 Å². The molecule has 1 N–H and O–H groups in total. The van der Waals surface area contributed by atoms with Crippen molar-refractivity contribution in [3.63, 3.8) is 0 Å². The van der Waals surface area contributed by atoms with Crippen molar-refractivity contribution < 1.29 is 9.84 Å². The van der Waals surface area contributed by atoms with Crippen molar-refractivity contribution in [2.24, 2.45) is 17.8 Å². The zero-order chi connectivity index (χ0) is 14.3. The molecule has 2 heteroatoms. The van der Waals surface area contributed by atoms with Gasteiger partial charge in [0.05, 0.1) is 12.7 Å². The maximum Gasteiger partial charge on any atom is 0.119 e. The lowest BCUT2D eigenvalue weighted by Crippen LogP contribution is -2.37. The first kappa shape index (κ1) is 13.9. The molecular formula is C18H26O2. The Balaban J connectivity index is 1.91. The van der Waals surface area contributed by atoms with Gasteiger partial charge in [0, 0.05) is 0 Å². The Kier molecular flexibility index (Phi) is 3.53. The molecule has 110 valence electrons. The molecule has 0 aromatic heterocycles. The van der Waals surface area contributed by atoms with Gasteiger partial charge in [-0.25, -0.2) is 0 Å². The van der Waals surface area contributed by atoms with Crippen LogP contribution in [-0.2, 0) is 12.0 Å². The number of fused-ring (bicyclic) bond motifs is 1. The van der Waals surface area contributed by atoms with E-state index in [-0.39, 0.29) is 0 Å². The van der Waals surface area contributed by atoms with Gasteiger partial charge >= 0.3 is 0 Å². The average molecular weight is 274 g/mol. The normalized spacial score (nSPS) is 36.7. The highest BCUT2D eigenvalue weighted by Crippen LogP contribution is 2.50. The van der Waals surface area contributed by atoms with E-state index in [1.54, 1.807) is 7.11 Å². The average Bonchev–Trinajstić information content (AvgIpc) is 2.80. The maximum atomic E-state index is 11.3. The first-order chi connectivity index (χ1) is 9.54. The van der Waals surface area contributed by atoms with E-state index in [4.69, 9.17) is 4.74 Å². The Labute approximate surface area is 122 Å². The summed E-state index contributed by atoms with van der Waals surface area (Å²) in [5.41, 5.74) is 1.81. The highest BCUT2D eigenvalue weighted by Gasteiger charge is 2.45. The standard InChI is InChI=1S/C18H26O2/c1-12-4-6-15(10-13(12)2)18(19)9-8-14-5-7-16(20-3)11-17(14)18/h5,7,11-13,15,19H,4,6,8-10H2,1-3H3. The van der Waals surface area contributed by atoms with Gasteiger partial charge in [0.25, 0.3) is 0 Å². The van der Waals surface area contributed by atoms with Gasteiger partial charge in [-0.15, -0.1) is 0 Å². The molecule has 4 unspecified atom stereocenters. The zero-order valence-corrected chi connectivity index (χ0v) is 12.9. The summed E-state index contributed by atoms with van der Waals surface area (Å²) in [6.07, 6.45) is 5.41. The third kappa shape index (κ3) is 2.14. The van der Waals surface area contributed by atoms with E-state index in [0.29, 0.717) is 11.8 Å². The fraction of sp³-hybridized carbons (Fsp3) is 0.667. The summed E-state index contributed by atoms with van der Waals surface area (Å²) >= 11 is 0. The number of hydrogen-bond acceptors (Lipinski definition) is 2. The van der Waals surface area contributed by atoms with E-state index in [0.717, 1.165) is 42.9 Å². The number of aryl methyl sites for hydroxylation is 1. The Morgan fingerprint density at radius 1 is 1.20 bits per heavy atom. The van der Waals surface area contributed by atoms with Crippen molar-refractivity contribution in [2.75, 3.05) is 7.11 Å². The molecule has 1 aromatic rings. The third-order valence-corrected chi connectivity index (χ3v) is 5.83. The molecule has 2 aliphatic carbocycles. The Morgan fingerprint density at radius 3 is 2.70 bits per heavy atom. The fourth-order valence-electron chi connectivity index (χ4n) is 4.17. The molecular weight excluding hydrogens is 248 g/mol. The topological polar surface area (TPSA) is 29.5 Å². The molecule has 0 saturated heterocycles. The predicted octanol–water partition coefficient (Wildman–Crippen LogP) is 3.90. The molecule has 20 heavy (non-hydrogen) atoms. The van der Waals surface area contributed by atoms with Gasteiger partial charge in [0.15, 0.2) is 0 Å². The molecule has 0 radical (unpaired) electrons. The maximum absolute atomic E-state index is 11.3. The van der Waals surface area contributed by atoms with Crippen LogP contribution in [0.5, 0.6) is 5.75 Å².